The normalized spacial score (nSPS) is 32.7. The summed E-state index contributed by atoms with van der Waals surface area (Å²) in [4.78, 5) is 36.3. The van der Waals surface area contributed by atoms with Gasteiger partial charge in [-0.25, -0.2) is 0 Å². The molecule has 6 heteroatoms. The summed E-state index contributed by atoms with van der Waals surface area (Å²) >= 11 is 0. The highest BCUT2D eigenvalue weighted by Gasteiger charge is 2.66. The van der Waals surface area contributed by atoms with Gasteiger partial charge in [0.15, 0.2) is 0 Å². The molecule has 106 valence electrons. The molecule has 0 bridgehead atoms. The van der Waals surface area contributed by atoms with E-state index in [0.29, 0.717) is 19.5 Å². The van der Waals surface area contributed by atoms with Crippen molar-refractivity contribution in [3.63, 3.8) is 0 Å². The van der Waals surface area contributed by atoms with Gasteiger partial charge in [0.2, 0.25) is 11.8 Å². The van der Waals surface area contributed by atoms with Crippen molar-refractivity contribution < 1.29 is 19.5 Å². The van der Waals surface area contributed by atoms with Crippen LogP contribution in [0, 0.1) is 23.2 Å². The van der Waals surface area contributed by atoms with E-state index in [2.05, 4.69) is 0 Å². The van der Waals surface area contributed by atoms with Crippen molar-refractivity contribution >= 4 is 17.8 Å². The van der Waals surface area contributed by atoms with Crippen molar-refractivity contribution in [1.82, 2.24) is 4.90 Å². The van der Waals surface area contributed by atoms with Gasteiger partial charge in [0, 0.05) is 13.1 Å². The zero-order valence-electron chi connectivity index (χ0n) is 11.3. The van der Waals surface area contributed by atoms with Crippen LogP contribution in [-0.2, 0) is 14.4 Å². The van der Waals surface area contributed by atoms with Crippen molar-refractivity contribution in [2.45, 2.75) is 26.7 Å². The number of carboxylic acid groups (broad SMARTS) is 1. The first-order valence-corrected chi connectivity index (χ1v) is 6.57. The summed E-state index contributed by atoms with van der Waals surface area (Å²) in [7, 11) is 0. The number of likely N-dealkylation sites (tertiary alicyclic amines) is 1. The monoisotopic (exact) mass is 268 g/mol. The summed E-state index contributed by atoms with van der Waals surface area (Å²) in [6, 6.07) is 0. The largest absolute Gasteiger partial charge is 0.481 e. The maximum absolute atomic E-state index is 12.4. The maximum atomic E-state index is 12.4. The molecule has 1 aliphatic carbocycles. The molecule has 3 N–H and O–H groups in total. The molecule has 1 heterocycles. The van der Waals surface area contributed by atoms with Crippen LogP contribution in [0.15, 0.2) is 0 Å². The minimum absolute atomic E-state index is 0.150. The fraction of sp³-hybridized carbons (Fsp3) is 0.769. The Labute approximate surface area is 111 Å². The molecule has 0 aromatic carbocycles. The Morgan fingerprint density at radius 2 is 1.89 bits per heavy atom. The fourth-order valence-corrected chi connectivity index (χ4v) is 3.17. The third kappa shape index (κ3) is 2.31. The molecule has 0 radical (unpaired) electrons. The van der Waals surface area contributed by atoms with Gasteiger partial charge in [-0.3, -0.25) is 14.4 Å². The van der Waals surface area contributed by atoms with Crippen LogP contribution < -0.4 is 5.73 Å². The number of aliphatic carboxylic acids is 1. The van der Waals surface area contributed by atoms with Crippen LogP contribution in [0.1, 0.15) is 26.7 Å². The molecule has 3 atom stereocenters. The lowest BCUT2D eigenvalue weighted by Crippen LogP contribution is -2.45. The molecule has 0 aromatic heterocycles. The first-order valence-electron chi connectivity index (χ1n) is 6.57. The number of hydrogen-bond donors (Lipinski definition) is 2. The summed E-state index contributed by atoms with van der Waals surface area (Å²) in [5, 5.41) is 9.10. The molecular formula is C13H20N2O4. The van der Waals surface area contributed by atoms with Gasteiger partial charge in [-0.15, -0.1) is 0 Å². The van der Waals surface area contributed by atoms with Crippen LogP contribution >= 0.6 is 0 Å². The number of primary amides is 1. The van der Waals surface area contributed by atoms with E-state index in [-0.39, 0.29) is 17.7 Å². The Morgan fingerprint density at radius 3 is 2.37 bits per heavy atom. The van der Waals surface area contributed by atoms with E-state index in [9.17, 15) is 14.4 Å². The van der Waals surface area contributed by atoms with E-state index >= 15 is 0 Å². The molecule has 0 aromatic rings. The van der Waals surface area contributed by atoms with Gasteiger partial charge < -0.3 is 15.7 Å². The molecule has 1 saturated heterocycles. The van der Waals surface area contributed by atoms with Gasteiger partial charge in [-0.05, 0) is 18.3 Å². The van der Waals surface area contributed by atoms with Crippen molar-refractivity contribution in [1.29, 1.82) is 0 Å². The number of carbonyl (C=O) groups is 3. The zero-order chi connectivity index (χ0) is 14.4. The first kappa shape index (κ1) is 13.8. The Morgan fingerprint density at radius 1 is 1.26 bits per heavy atom. The Kier molecular flexibility index (Phi) is 3.28. The number of carboxylic acids is 1. The van der Waals surface area contributed by atoms with Gasteiger partial charge in [-0.2, -0.15) is 0 Å². The SMILES string of the molecule is CC1(C)[C@H](C(=O)O)[C@@H]1C(=O)N1CCCC(C(N)=O)C1. The Bertz CT molecular complexity index is 432. The van der Waals surface area contributed by atoms with Gasteiger partial charge in [0.1, 0.15) is 0 Å². The van der Waals surface area contributed by atoms with E-state index in [1.165, 1.54) is 0 Å². The molecule has 2 amide bonds. The van der Waals surface area contributed by atoms with E-state index in [1.54, 1.807) is 18.7 Å². The first-order chi connectivity index (χ1) is 8.76. The van der Waals surface area contributed by atoms with Crippen LogP contribution in [0.5, 0.6) is 0 Å². The van der Waals surface area contributed by atoms with E-state index in [4.69, 9.17) is 10.8 Å². The standard InChI is InChI=1S/C13H20N2O4/c1-13(2)8(9(13)12(18)19)11(17)15-5-3-4-7(6-15)10(14)16/h7-9H,3-6H2,1-2H3,(H2,14,16)(H,18,19)/t7?,8-,9+/m1/s1. The second kappa shape index (κ2) is 4.51. The molecule has 1 aliphatic heterocycles. The van der Waals surface area contributed by atoms with Crippen molar-refractivity contribution in [2.24, 2.45) is 28.9 Å². The lowest BCUT2D eigenvalue weighted by atomic mass is 9.96. The predicted octanol–water partition coefficient (Wildman–Crippen LogP) is 0.0671. The third-order valence-corrected chi connectivity index (χ3v) is 4.49. The Hall–Kier alpha value is -1.59. The summed E-state index contributed by atoms with van der Waals surface area (Å²) in [6.45, 7) is 4.50. The molecule has 2 rings (SSSR count). The molecule has 19 heavy (non-hydrogen) atoms. The van der Waals surface area contributed by atoms with Crippen LogP contribution in [0.4, 0.5) is 0 Å². The zero-order valence-corrected chi connectivity index (χ0v) is 11.3. The molecule has 6 nitrogen and oxygen atoms in total. The van der Waals surface area contributed by atoms with Crippen LogP contribution in [0.3, 0.4) is 0 Å². The number of hydrogen-bond acceptors (Lipinski definition) is 3. The van der Waals surface area contributed by atoms with Crippen molar-refractivity contribution in [2.75, 3.05) is 13.1 Å². The molecule has 1 saturated carbocycles. The third-order valence-electron chi connectivity index (χ3n) is 4.49. The smallest absolute Gasteiger partial charge is 0.307 e. The molecule has 2 fully saturated rings. The molecular weight excluding hydrogens is 248 g/mol. The van der Waals surface area contributed by atoms with Gasteiger partial charge in [0.05, 0.1) is 17.8 Å². The topological polar surface area (TPSA) is 101 Å². The van der Waals surface area contributed by atoms with Gasteiger partial charge in [0.25, 0.3) is 0 Å². The minimum atomic E-state index is -0.924. The average Bonchev–Trinajstić information content (AvgIpc) is 2.91. The average molecular weight is 268 g/mol. The predicted molar refractivity (Wildman–Crippen MR) is 66.9 cm³/mol. The lowest BCUT2D eigenvalue weighted by Gasteiger charge is -2.31. The Balaban J connectivity index is 2.05. The van der Waals surface area contributed by atoms with E-state index in [1.807, 2.05) is 0 Å². The highest BCUT2D eigenvalue weighted by Crippen LogP contribution is 2.59. The number of amides is 2. The summed E-state index contributed by atoms with van der Waals surface area (Å²) in [5.74, 6) is -2.86. The number of piperidine rings is 1. The van der Waals surface area contributed by atoms with E-state index in [0.717, 1.165) is 6.42 Å². The molecule has 0 spiro atoms. The van der Waals surface area contributed by atoms with Crippen molar-refractivity contribution in [3.8, 4) is 0 Å². The fourth-order valence-electron chi connectivity index (χ4n) is 3.17. The second-order valence-electron chi connectivity index (χ2n) is 6.14. The molecule has 1 unspecified atom stereocenters. The summed E-state index contributed by atoms with van der Waals surface area (Å²) < 4.78 is 0. The maximum Gasteiger partial charge on any atom is 0.307 e. The lowest BCUT2D eigenvalue weighted by molar-refractivity contribution is -0.143. The van der Waals surface area contributed by atoms with Crippen LogP contribution in [-0.4, -0.2) is 40.9 Å². The molecule has 2 aliphatic rings. The quantitative estimate of drug-likeness (QED) is 0.756. The number of rotatable bonds is 3. The van der Waals surface area contributed by atoms with Crippen molar-refractivity contribution in [3.05, 3.63) is 0 Å². The summed E-state index contributed by atoms with van der Waals surface area (Å²) in [5.41, 5.74) is 4.78. The van der Waals surface area contributed by atoms with E-state index < -0.39 is 23.2 Å². The highest BCUT2D eigenvalue weighted by molar-refractivity contribution is 5.92. The summed E-state index contributed by atoms with van der Waals surface area (Å²) in [6.07, 6.45) is 1.44. The van der Waals surface area contributed by atoms with Crippen LogP contribution in [0.25, 0.3) is 0 Å². The number of nitrogens with zero attached hydrogens (tertiary/aromatic N) is 1. The number of nitrogens with two attached hydrogens (primary N) is 1. The number of carbonyl (C=O) groups excluding carboxylic acids is 2. The van der Waals surface area contributed by atoms with Gasteiger partial charge >= 0.3 is 5.97 Å². The van der Waals surface area contributed by atoms with Gasteiger partial charge in [-0.1, -0.05) is 13.8 Å². The highest BCUT2D eigenvalue weighted by atomic mass is 16.4. The van der Waals surface area contributed by atoms with Crippen LogP contribution in [0.2, 0.25) is 0 Å². The minimum Gasteiger partial charge on any atom is -0.481 e. The second-order valence-corrected chi connectivity index (χ2v) is 6.14.